The van der Waals surface area contributed by atoms with Crippen LogP contribution in [0.3, 0.4) is 0 Å². The maximum absolute atomic E-state index is 12.9. The van der Waals surface area contributed by atoms with Crippen molar-refractivity contribution in [3.8, 4) is 0 Å². The summed E-state index contributed by atoms with van der Waals surface area (Å²) in [5, 5.41) is 0. The minimum absolute atomic E-state index is 0.0872. The van der Waals surface area contributed by atoms with Gasteiger partial charge in [-0.25, -0.2) is 13.6 Å². The van der Waals surface area contributed by atoms with E-state index in [2.05, 4.69) is 0 Å². The Bertz CT molecular complexity index is 341. The van der Waals surface area contributed by atoms with Crippen LogP contribution in [0, 0.1) is 0 Å². The van der Waals surface area contributed by atoms with E-state index in [0.29, 0.717) is 13.0 Å². The number of rotatable bonds is 3. The molecule has 1 amide bonds. The van der Waals surface area contributed by atoms with E-state index in [1.165, 1.54) is 6.92 Å². The van der Waals surface area contributed by atoms with Crippen molar-refractivity contribution in [2.24, 2.45) is 5.73 Å². The van der Waals surface area contributed by atoms with Gasteiger partial charge in [0.25, 0.3) is 6.43 Å². The molecule has 0 saturated carbocycles. The molecule has 0 bridgehead atoms. The molecule has 118 valence electrons. The van der Waals surface area contributed by atoms with E-state index in [4.69, 9.17) is 10.5 Å². The summed E-state index contributed by atoms with van der Waals surface area (Å²) in [5.41, 5.74) is 3.48. The third kappa shape index (κ3) is 4.89. The molecule has 1 aliphatic heterocycles. The molecule has 0 aromatic carbocycles. The summed E-state index contributed by atoms with van der Waals surface area (Å²) in [6, 6.07) is -0.275. The van der Waals surface area contributed by atoms with E-state index in [1.54, 1.807) is 25.7 Å². The van der Waals surface area contributed by atoms with E-state index in [9.17, 15) is 13.6 Å². The summed E-state index contributed by atoms with van der Waals surface area (Å²) >= 11 is 0. The second-order valence-corrected chi connectivity index (χ2v) is 6.83. The third-order valence-corrected chi connectivity index (χ3v) is 3.43. The van der Waals surface area contributed by atoms with Gasteiger partial charge in [-0.05, 0) is 53.4 Å². The molecule has 0 radical (unpaired) electrons. The van der Waals surface area contributed by atoms with Crippen LogP contribution in [0.25, 0.3) is 0 Å². The highest BCUT2D eigenvalue weighted by Crippen LogP contribution is 2.28. The first-order valence-electron chi connectivity index (χ1n) is 7.09. The molecule has 1 aliphatic rings. The number of amides is 1. The quantitative estimate of drug-likeness (QED) is 0.869. The van der Waals surface area contributed by atoms with Crippen molar-refractivity contribution in [2.75, 3.05) is 6.54 Å². The molecule has 1 saturated heterocycles. The van der Waals surface area contributed by atoms with Gasteiger partial charge >= 0.3 is 6.09 Å². The average Bonchev–Trinajstić information content (AvgIpc) is 2.26. The summed E-state index contributed by atoms with van der Waals surface area (Å²) < 4.78 is 31.2. The van der Waals surface area contributed by atoms with Crippen molar-refractivity contribution in [1.82, 2.24) is 4.90 Å². The Balaban J connectivity index is 2.74. The molecule has 1 heterocycles. The minimum atomic E-state index is -2.61. The van der Waals surface area contributed by atoms with Crippen molar-refractivity contribution in [1.29, 1.82) is 0 Å². The molecule has 2 atom stereocenters. The Morgan fingerprint density at radius 3 is 2.45 bits per heavy atom. The van der Waals surface area contributed by atoms with Crippen molar-refractivity contribution >= 4 is 6.09 Å². The molecule has 0 aromatic rings. The van der Waals surface area contributed by atoms with Crippen molar-refractivity contribution in [3.63, 3.8) is 0 Å². The van der Waals surface area contributed by atoms with Crippen LogP contribution >= 0.6 is 0 Å². The first-order valence-corrected chi connectivity index (χ1v) is 7.09. The molecular weight excluding hydrogens is 266 g/mol. The Morgan fingerprint density at radius 2 is 1.95 bits per heavy atom. The number of alkyl halides is 2. The molecule has 0 aromatic heterocycles. The van der Waals surface area contributed by atoms with Crippen molar-refractivity contribution in [3.05, 3.63) is 0 Å². The lowest BCUT2D eigenvalue weighted by Gasteiger charge is -2.40. The fourth-order valence-corrected chi connectivity index (χ4v) is 2.37. The van der Waals surface area contributed by atoms with E-state index < -0.39 is 23.7 Å². The Morgan fingerprint density at radius 1 is 1.35 bits per heavy atom. The van der Waals surface area contributed by atoms with Gasteiger partial charge in [-0.15, -0.1) is 0 Å². The van der Waals surface area contributed by atoms with Gasteiger partial charge in [0.1, 0.15) is 5.60 Å². The fourth-order valence-electron chi connectivity index (χ4n) is 2.37. The van der Waals surface area contributed by atoms with Crippen LogP contribution in [0.2, 0.25) is 0 Å². The molecule has 20 heavy (non-hydrogen) atoms. The van der Waals surface area contributed by atoms with Gasteiger partial charge in [-0.3, -0.25) is 0 Å². The number of carbonyl (C=O) groups excluding carboxylic acids is 1. The summed E-state index contributed by atoms with van der Waals surface area (Å²) in [7, 11) is 0. The monoisotopic (exact) mass is 292 g/mol. The molecule has 0 aliphatic carbocycles. The molecule has 2 unspecified atom stereocenters. The highest BCUT2D eigenvalue weighted by atomic mass is 19.3. The van der Waals surface area contributed by atoms with E-state index >= 15 is 0 Å². The third-order valence-electron chi connectivity index (χ3n) is 3.43. The van der Waals surface area contributed by atoms with E-state index in [0.717, 1.165) is 12.8 Å². The topological polar surface area (TPSA) is 55.6 Å². The van der Waals surface area contributed by atoms with Crippen LogP contribution in [0.4, 0.5) is 13.6 Å². The molecule has 0 spiro atoms. The Labute approximate surface area is 119 Å². The maximum atomic E-state index is 12.9. The number of nitrogens with two attached hydrogens (primary N) is 1. The molecule has 6 heteroatoms. The first-order chi connectivity index (χ1) is 9.03. The van der Waals surface area contributed by atoms with Gasteiger partial charge in [0, 0.05) is 12.6 Å². The van der Waals surface area contributed by atoms with Crippen LogP contribution in [0.15, 0.2) is 0 Å². The summed E-state index contributed by atoms with van der Waals surface area (Å²) in [6.45, 7) is 7.24. The fraction of sp³-hybridized carbons (Fsp3) is 0.929. The normalized spacial score (nSPS) is 23.6. The number of nitrogens with zero attached hydrogens (tertiary/aromatic N) is 1. The number of likely N-dealkylation sites (tertiary alicyclic amines) is 1. The lowest BCUT2D eigenvalue weighted by Crippen LogP contribution is -2.53. The van der Waals surface area contributed by atoms with E-state index in [-0.39, 0.29) is 12.5 Å². The second kappa shape index (κ2) is 6.24. The van der Waals surface area contributed by atoms with Crippen LogP contribution in [-0.4, -0.2) is 41.1 Å². The standard InChI is InChI=1S/C14H26F2N2O2/c1-13(2,3)20-12(19)18-8-6-5-7-10(18)9-14(4,17)11(15)16/h10-11H,5-9,17H2,1-4H3. The number of halogens is 2. The van der Waals surface area contributed by atoms with Crippen molar-refractivity contribution in [2.45, 2.75) is 77.0 Å². The molecule has 1 fully saturated rings. The van der Waals surface area contributed by atoms with Gasteiger partial charge in [0.2, 0.25) is 0 Å². The largest absolute Gasteiger partial charge is 0.444 e. The summed E-state index contributed by atoms with van der Waals surface area (Å²) in [5.74, 6) is 0. The summed E-state index contributed by atoms with van der Waals surface area (Å²) in [4.78, 5) is 13.7. The lowest BCUT2D eigenvalue weighted by atomic mass is 9.89. The smallest absolute Gasteiger partial charge is 0.410 e. The van der Waals surface area contributed by atoms with Crippen LogP contribution in [0.5, 0.6) is 0 Å². The van der Waals surface area contributed by atoms with Gasteiger partial charge in [0.15, 0.2) is 0 Å². The predicted octanol–water partition coefficient (Wildman–Crippen LogP) is 3.15. The van der Waals surface area contributed by atoms with E-state index in [1.807, 2.05) is 0 Å². The van der Waals surface area contributed by atoms with Gasteiger partial charge in [0.05, 0.1) is 5.54 Å². The number of carbonyl (C=O) groups is 1. The van der Waals surface area contributed by atoms with Crippen LogP contribution < -0.4 is 5.73 Å². The zero-order valence-corrected chi connectivity index (χ0v) is 12.8. The number of ether oxygens (including phenoxy) is 1. The van der Waals surface area contributed by atoms with Crippen LogP contribution in [-0.2, 0) is 4.74 Å². The lowest BCUT2D eigenvalue weighted by molar-refractivity contribution is -0.00465. The maximum Gasteiger partial charge on any atom is 0.410 e. The molecule has 4 nitrogen and oxygen atoms in total. The Kier molecular flexibility index (Phi) is 5.35. The zero-order valence-electron chi connectivity index (χ0n) is 12.8. The minimum Gasteiger partial charge on any atom is -0.444 e. The van der Waals surface area contributed by atoms with Crippen LogP contribution in [0.1, 0.15) is 53.4 Å². The molecule has 2 N–H and O–H groups in total. The second-order valence-electron chi connectivity index (χ2n) is 6.83. The average molecular weight is 292 g/mol. The molecule has 1 rings (SSSR count). The predicted molar refractivity (Wildman–Crippen MR) is 73.8 cm³/mol. The molecular formula is C14H26F2N2O2. The number of hydrogen-bond donors (Lipinski definition) is 1. The number of piperidine rings is 1. The first kappa shape index (κ1) is 17.1. The highest BCUT2D eigenvalue weighted by molar-refractivity contribution is 5.68. The Hall–Kier alpha value is -0.910. The van der Waals surface area contributed by atoms with Gasteiger partial charge in [-0.1, -0.05) is 0 Å². The van der Waals surface area contributed by atoms with Crippen molar-refractivity contribution < 1.29 is 18.3 Å². The number of hydrogen-bond acceptors (Lipinski definition) is 3. The zero-order chi connectivity index (χ0) is 15.6. The summed E-state index contributed by atoms with van der Waals surface area (Å²) in [6.07, 6.45) is -0.477. The van der Waals surface area contributed by atoms with Gasteiger partial charge in [-0.2, -0.15) is 0 Å². The highest BCUT2D eigenvalue weighted by Gasteiger charge is 2.38. The van der Waals surface area contributed by atoms with Gasteiger partial charge < -0.3 is 15.4 Å². The SMILES string of the molecule is CC(C)(C)OC(=O)N1CCCCC1CC(C)(N)C(F)F.